The number of aryl methyl sites for hydroxylation is 4. The molecule has 8 nitrogen and oxygen atoms in total. The smallest absolute Gasteiger partial charge is 0.135 e. The first-order chi connectivity index (χ1) is 16.3. The minimum absolute atomic E-state index is 0.134. The van der Waals surface area contributed by atoms with Crippen LogP contribution in [-0.2, 0) is 35.5 Å². The highest BCUT2D eigenvalue weighted by Crippen LogP contribution is 2.10. The van der Waals surface area contributed by atoms with Crippen molar-refractivity contribution in [2.24, 2.45) is 11.8 Å². The fraction of sp³-hybridized carbons (Fsp3) is 0.769. The van der Waals surface area contributed by atoms with Crippen molar-refractivity contribution in [3.05, 3.63) is 23.8 Å². The van der Waals surface area contributed by atoms with E-state index < -0.39 is 0 Å². The lowest BCUT2D eigenvalue weighted by Crippen LogP contribution is -2.07. The number of aromatic nitrogens is 6. The summed E-state index contributed by atoms with van der Waals surface area (Å²) in [5.41, 5.74) is 2.10. The zero-order valence-corrected chi connectivity index (χ0v) is 21.7. The minimum atomic E-state index is 0.134. The van der Waals surface area contributed by atoms with E-state index in [1.165, 1.54) is 12.8 Å². The van der Waals surface area contributed by atoms with Crippen LogP contribution in [0.5, 0.6) is 0 Å². The standard InChI is InChI=1S/C26H44N6O2/c1-21(2)25(33)15-9-11-17-31-19-23(27-29-31)13-7-5-6-8-14-24-20-32(30-28-24)18-12-10-16-26(34)22(3)4/h19-22H,5-18H2,1-4H3. The zero-order valence-electron chi connectivity index (χ0n) is 21.7. The van der Waals surface area contributed by atoms with E-state index in [2.05, 4.69) is 20.6 Å². The van der Waals surface area contributed by atoms with E-state index in [-0.39, 0.29) is 11.8 Å². The van der Waals surface area contributed by atoms with E-state index in [9.17, 15) is 9.59 Å². The third-order valence-corrected chi connectivity index (χ3v) is 6.20. The highest BCUT2D eigenvalue weighted by atomic mass is 16.1. The third-order valence-electron chi connectivity index (χ3n) is 6.20. The van der Waals surface area contributed by atoms with Crippen molar-refractivity contribution in [3.8, 4) is 0 Å². The number of carbonyl (C=O) groups is 2. The molecule has 2 aromatic heterocycles. The van der Waals surface area contributed by atoms with Gasteiger partial charge in [-0.15, -0.1) is 10.2 Å². The predicted octanol–water partition coefficient (Wildman–Crippen LogP) is 5.01. The van der Waals surface area contributed by atoms with Crippen LogP contribution < -0.4 is 0 Å². The molecule has 2 aromatic rings. The lowest BCUT2D eigenvalue weighted by molar-refractivity contribution is -0.122. The van der Waals surface area contributed by atoms with Gasteiger partial charge in [0.05, 0.1) is 11.4 Å². The number of hydrogen-bond acceptors (Lipinski definition) is 6. The summed E-state index contributed by atoms with van der Waals surface area (Å²) in [6.45, 7) is 9.49. The lowest BCUT2D eigenvalue weighted by atomic mass is 10.0. The molecule has 0 radical (unpaired) electrons. The molecule has 0 saturated carbocycles. The quantitative estimate of drug-likeness (QED) is 0.267. The van der Waals surface area contributed by atoms with E-state index >= 15 is 0 Å². The summed E-state index contributed by atoms with van der Waals surface area (Å²) in [7, 11) is 0. The molecule has 0 aliphatic heterocycles. The van der Waals surface area contributed by atoms with Crippen LogP contribution in [0.1, 0.15) is 103 Å². The van der Waals surface area contributed by atoms with E-state index in [4.69, 9.17) is 0 Å². The lowest BCUT2D eigenvalue weighted by Gasteiger charge is -2.03. The molecule has 0 unspecified atom stereocenters. The highest BCUT2D eigenvalue weighted by molar-refractivity contribution is 5.80. The van der Waals surface area contributed by atoms with E-state index in [0.717, 1.165) is 75.8 Å². The zero-order chi connectivity index (χ0) is 24.8. The van der Waals surface area contributed by atoms with Crippen molar-refractivity contribution < 1.29 is 9.59 Å². The molecule has 0 atom stereocenters. The number of carbonyl (C=O) groups excluding carboxylic acids is 2. The van der Waals surface area contributed by atoms with E-state index in [0.29, 0.717) is 24.4 Å². The van der Waals surface area contributed by atoms with Crippen LogP contribution in [0.25, 0.3) is 0 Å². The summed E-state index contributed by atoms with van der Waals surface area (Å²) in [6.07, 6.45) is 15.7. The predicted molar refractivity (Wildman–Crippen MR) is 133 cm³/mol. The Morgan fingerprint density at radius 3 is 1.44 bits per heavy atom. The highest BCUT2D eigenvalue weighted by Gasteiger charge is 2.08. The van der Waals surface area contributed by atoms with Gasteiger partial charge >= 0.3 is 0 Å². The van der Waals surface area contributed by atoms with Gasteiger partial charge in [-0.2, -0.15) is 0 Å². The number of rotatable bonds is 19. The summed E-state index contributed by atoms with van der Waals surface area (Å²) in [6, 6.07) is 0. The second-order valence-corrected chi connectivity index (χ2v) is 10.0. The summed E-state index contributed by atoms with van der Waals surface area (Å²) >= 11 is 0. The maximum atomic E-state index is 11.7. The fourth-order valence-corrected chi connectivity index (χ4v) is 3.81. The van der Waals surface area contributed by atoms with Gasteiger partial charge < -0.3 is 0 Å². The van der Waals surface area contributed by atoms with Crippen molar-refractivity contribution in [2.45, 2.75) is 118 Å². The average molecular weight is 473 g/mol. The van der Waals surface area contributed by atoms with Crippen molar-refractivity contribution >= 4 is 11.6 Å². The molecule has 0 N–H and O–H groups in total. The molecular formula is C26H44N6O2. The Morgan fingerprint density at radius 1 is 0.647 bits per heavy atom. The van der Waals surface area contributed by atoms with Gasteiger partial charge in [0.15, 0.2) is 0 Å². The molecule has 2 rings (SSSR count). The number of nitrogens with zero attached hydrogens (tertiary/aromatic N) is 6. The molecule has 0 aromatic carbocycles. The number of unbranched alkanes of at least 4 members (excludes halogenated alkanes) is 5. The summed E-state index contributed by atoms with van der Waals surface area (Å²) in [5.74, 6) is 0.954. The Labute approximate surface area is 204 Å². The third kappa shape index (κ3) is 11.2. The van der Waals surface area contributed by atoms with Crippen LogP contribution in [0.15, 0.2) is 12.4 Å². The molecule has 190 valence electrons. The fourth-order valence-electron chi connectivity index (χ4n) is 3.81. The number of hydrogen-bond donors (Lipinski definition) is 0. The minimum Gasteiger partial charge on any atom is -0.299 e. The normalized spacial score (nSPS) is 11.6. The largest absolute Gasteiger partial charge is 0.299 e. The molecule has 0 aliphatic carbocycles. The molecule has 0 fully saturated rings. The Bertz CT molecular complexity index is 785. The van der Waals surface area contributed by atoms with Crippen molar-refractivity contribution in [2.75, 3.05) is 0 Å². The molecule has 0 spiro atoms. The summed E-state index contributed by atoms with van der Waals surface area (Å²) in [5, 5.41) is 17.0. The maximum absolute atomic E-state index is 11.7. The molecule has 0 bridgehead atoms. The Morgan fingerprint density at radius 2 is 1.06 bits per heavy atom. The summed E-state index contributed by atoms with van der Waals surface area (Å²) in [4.78, 5) is 23.3. The van der Waals surface area contributed by atoms with E-state index in [1.807, 2.05) is 49.5 Å². The van der Waals surface area contributed by atoms with E-state index in [1.54, 1.807) is 0 Å². The second kappa shape index (κ2) is 15.5. The summed E-state index contributed by atoms with van der Waals surface area (Å²) < 4.78 is 3.81. The van der Waals surface area contributed by atoms with Gasteiger partial charge in [-0.3, -0.25) is 19.0 Å². The van der Waals surface area contributed by atoms with Crippen LogP contribution in [-0.4, -0.2) is 41.6 Å². The molecule has 0 amide bonds. The van der Waals surface area contributed by atoms with Crippen LogP contribution in [0.2, 0.25) is 0 Å². The van der Waals surface area contributed by atoms with Gasteiger partial charge in [0, 0.05) is 50.2 Å². The Kier molecular flexibility index (Phi) is 12.7. The topological polar surface area (TPSA) is 95.6 Å². The molecule has 2 heterocycles. The molecule has 0 aliphatic rings. The van der Waals surface area contributed by atoms with Crippen molar-refractivity contribution in [1.82, 2.24) is 30.0 Å². The molecule has 34 heavy (non-hydrogen) atoms. The monoisotopic (exact) mass is 472 g/mol. The SMILES string of the molecule is CC(C)C(=O)CCCCn1cc(CCCCCCc2cn(CCCCC(=O)C(C)C)nn2)nn1. The molecule has 0 saturated heterocycles. The van der Waals surface area contributed by atoms with Gasteiger partial charge in [-0.1, -0.05) is 51.0 Å². The van der Waals surface area contributed by atoms with Gasteiger partial charge in [-0.25, -0.2) is 0 Å². The van der Waals surface area contributed by atoms with Crippen LogP contribution in [0.3, 0.4) is 0 Å². The Balaban J connectivity index is 1.50. The number of ketones is 2. The van der Waals surface area contributed by atoms with Gasteiger partial charge in [0.25, 0.3) is 0 Å². The van der Waals surface area contributed by atoms with Gasteiger partial charge in [0.1, 0.15) is 11.6 Å². The first-order valence-corrected chi connectivity index (χ1v) is 13.2. The van der Waals surface area contributed by atoms with Crippen molar-refractivity contribution in [3.63, 3.8) is 0 Å². The van der Waals surface area contributed by atoms with Crippen molar-refractivity contribution in [1.29, 1.82) is 0 Å². The van der Waals surface area contributed by atoms with Crippen LogP contribution in [0, 0.1) is 11.8 Å². The average Bonchev–Trinajstić information content (AvgIpc) is 3.45. The second-order valence-electron chi connectivity index (χ2n) is 10.0. The first kappa shape index (κ1) is 27.9. The maximum Gasteiger partial charge on any atom is 0.135 e. The van der Waals surface area contributed by atoms with Gasteiger partial charge in [-0.05, 0) is 51.4 Å². The molecular weight excluding hydrogens is 428 g/mol. The number of Topliss-reactive ketones (excluding diaryl/α,β-unsaturated/α-hetero) is 2. The Hall–Kier alpha value is -2.38. The first-order valence-electron chi connectivity index (χ1n) is 13.2. The van der Waals surface area contributed by atoms with Crippen LogP contribution >= 0.6 is 0 Å². The molecule has 8 heteroatoms. The van der Waals surface area contributed by atoms with Crippen LogP contribution in [0.4, 0.5) is 0 Å². The van der Waals surface area contributed by atoms with Gasteiger partial charge in [0.2, 0.25) is 0 Å².